The number of urea groups is 1. The van der Waals surface area contributed by atoms with Crippen molar-refractivity contribution in [3.8, 4) is 5.69 Å². The minimum absolute atomic E-state index is 0.0805. The minimum Gasteiger partial charge on any atom is -0.338 e. The van der Waals surface area contributed by atoms with Crippen LogP contribution in [0.15, 0.2) is 42.7 Å². The number of aromatic nitrogens is 2. The average molecular weight is 326 g/mol. The molecule has 5 heteroatoms. The van der Waals surface area contributed by atoms with Gasteiger partial charge >= 0.3 is 6.03 Å². The monoisotopic (exact) mass is 326 g/mol. The number of carbonyl (C=O) groups is 1. The average Bonchev–Trinajstić information content (AvgIpc) is 3.24. The summed E-state index contributed by atoms with van der Waals surface area (Å²) in [5, 5.41) is 7.28. The zero-order valence-electron chi connectivity index (χ0n) is 14.3. The van der Waals surface area contributed by atoms with Crippen LogP contribution >= 0.6 is 0 Å². The van der Waals surface area contributed by atoms with E-state index >= 15 is 0 Å². The lowest BCUT2D eigenvalue weighted by Crippen LogP contribution is -2.42. The summed E-state index contributed by atoms with van der Waals surface area (Å²) in [5.74, 6) is 0.733. The lowest BCUT2D eigenvalue weighted by Gasteiger charge is -2.22. The van der Waals surface area contributed by atoms with Gasteiger partial charge in [-0.15, -0.1) is 0 Å². The van der Waals surface area contributed by atoms with E-state index in [1.165, 1.54) is 18.4 Å². The highest BCUT2D eigenvalue weighted by molar-refractivity contribution is 5.74. The van der Waals surface area contributed by atoms with Crippen LogP contribution in [0.4, 0.5) is 4.79 Å². The molecule has 2 amide bonds. The van der Waals surface area contributed by atoms with Crippen molar-refractivity contribution in [3.63, 3.8) is 0 Å². The molecule has 1 saturated carbocycles. The van der Waals surface area contributed by atoms with Crippen LogP contribution < -0.4 is 5.32 Å². The maximum Gasteiger partial charge on any atom is 0.317 e. The second kappa shape index (κ2) is 7.99. The highest BCUT2D eigenvalue weighted by Gasteiger charge is 2.26. The second-order valence-electron chi connectivity index (χ2n) is 6.49. The third-order valence-corrected chi connectivity index (χ3v) is 4.35. The molecule has 1 aromatic carbocycles. The van der Waals surface area contributed by atoms with Gasteiger partial charge in [-0.1, -0.05) is 19.1 Å². The van der Waals surface area contributed by atoms with Crippen molar-refractivity contribution < 1.29 is 4.79 Å². The molecule has 1 aliphatic carbocycles. The summed E-state index contributed by atoms with van der Waals surface area (Å²) in [6.07, 6.45) is 8.10. The number of nitrogens with zero attached hydrogens (tertiary/aromatic N) is 3. The molecule has 24 heavy (non-hydrogen) atoms. The molecule has 1 fully saturated rings. The van der Waals surface area contributed by atoms with E-state index in [2.05, 4.69) is 41.6 Å². The standard InChI is InChI=1S/C19H26N4O/c1-2-13-22(15-17-4-5-17)19(24)20-12-10-16-6-8-18(9-7-16)23-14-3-11-21-23/h3,6-9,11,14,17H,2,4-5,10,12-13,15H2,1H3,(H,20,24). The van der Waals surface area contributed by atoms with Crippen molar-refractivity contribution in [1.29, 1.82) is 0 Å². The van der Waals surface area contributed by atoms with Crippen molar-refractivity contribution in [2.75, 3.05) is 19.6 Å². The molecule has 128 valence electrons. The molecule has 3 rings (SSSR count). The van der Waals surface area contributed by atoms with E-state index in [0.29, 0.717) is 6.54 Å². The predicted octanol–water partition coefficient (Wildman–Crippen LogP) is 3.25. The lowest BCUT2D eigenvalue weighted by molar-refractivity contribution is 0.195. The van der Waals surface area contributed by atoms with E-state index in [1.807, 2.05) is 21.8 Å². The molecule has 5 nitrogen and oxygen atoms in total. The molecule has 1 aromatic heterocycles. The Labute approximate surface area is 143 Å². The Hall–Kier alpha value is -2.30. The summed E-state index contributed by atoms with van der Waals surface area (Å²) >= 11 is 0. The quantitative estimate of drug-likeness (QED) is 0.809. The predicted molar refractivity (Wildman–Crippen MR) is 95.3 cm³/mol. The van der Waals surface area contributed by atoms with Gasteiger partial charge in [0.15, 0.2) is 0 Å². The highest BCUT2D eigenvalue weighted by atomic mass is 16.2. The number of nitrogens with one attached hydrogen (secondary N) is 1. The van der Waals surface area contributed by atoms with Crippen LogP contribution in [-0.4, -0.2) is 40.3 Å². The molecule has 0 spiro atoms. The Morgan fingerprint density at radius 2 is 2.12 bits per heavy atom. The lowest BCUT2D eigenvalue weighted by atomic mass is 10.1. The molecule has 2 aromatic rings. The summed E-state index contributed by atoms with van der Waals surface area (Å²) in [5.41, 5.74) is 2.27. The van der Waals surface area contributed by atoms with Crippen LogP contribution in [0.1, 0.15) is 31.7 Å². The van der Waals surface area contributed by atoms with Gasteiger partial charge in [0, 0.05) is 32.0 Å². The fraction of sp³-hybridized carbons (Fsp3) is 0.474. The Balaban J connectivity index is 1.45. The van der Waals surface area contributed by atoms with E-state index in [1.54, 1.807) is 6.20 Å². The van der Waals surface area contributed by atoms with Crippen LogP contribution in [0, 0.1) is 5.92 Å². The number of carbonyl (C=O) groups excluding carboxylic acids is 1. The topological polar surface area (TPSA) is 50.2 Å². The van der Waals surface area contributed by atoms with Crippen LogP contribution in [0.3, 0.4) is 0 Å². The number of hydrogen-bond acceptors (Lipinski definition) is 2. The van der Waals surface area contributed by atoms with Gasteiger partial charge in [0.05, 0.1) is 5.69 Å². The zero-order chi connectivity index (χ0) is 16.8. The molecular weight excluding hydrogens is 300 g/mol. The first kappa shape index (κ1) is 16.6. The van der Waals surface area contributed by atoms with Gasteiger partial charge in [0.25, 0.3) is 0 Å². The zero-order valence-corrected chi connectivity index (χ0v) is 14.3. The van der Waals surface area contributed by atoms with Crippen molar-refractivity contribution in [2.24, 2.45) is 5.92 Å². The van der Waals surface area contributed by atoms with E-state index in [4.69, 9.17) is 0 Å². The number of rotatable bonds is 8. The first-order valence-electron chi connectivity index (χ1n) is 8.88. The summed E-state index contributed by atoms with van der Waals surface area (Å²) < 4.78 is 1.84. The van der Waals surface area contributed by atoms with Gasteiger partial charge in [-0.25, -0.2) is 9.48 Å². The number of amides is 2. The summed E-state index contributed by atoms with van der Waals surface area (Å²) in [7, 11) is 0. The first-order valence-corrected chi connectivity index (χ1v) is 8.88. The fourth-order valence-electron chi connectivity index (χ4n) is 2.82. The van der Waals surface area contributed by atoms with Crippen LogP contribution in [0.25, 0.3) is 5.69 Å². The van der Waals surface area contributed by atoms with Gasteiger partial charge in [-0.2, -0.15) is 5.10 Å². The van der Waals surface area contributed by atoms with Crippen LogP contribution in [-0.2, 0) is 6.42 Å². The Kier molecular flexibility index (Phi) is 5.51. The number of hydrogen-bond donors (Lipinski definition) is 1. The molecule has 0 radical (unpaired) electrons. The van der Waals surface area contributed by atoms with Gasteiger partial charge in [0.2, 0.25) is 0 Å². The second-order valence-corrected chi connectivity index (χ2v) is 6.49. The first-order chi connectivity index (χ1) is 11.8. The highest BCUT2D eigenvalue weighted by Crippen LogP contribution is 2.29. The summed E-state index contributed by atoms with van der Waals surface area (Å²) in [6, 6.07) is 10.3. The summed E-state index contributed by atoms with van der Waals surface area (Å²) in [4.78, 5) is 14.3. The number of benzene rings is 1. The molecule has 1 aliphatic rings. The van der Waals surface area contributed by atoms with E-state index in [0.717, 1.165) is 37.5 Å². The molecule has 1 heterocycles. The molecule has 0 atom stereocenters. The summed E-state index contributed by atoms with van der Waals surface area (Å²) in [6.45, 7) is 4.55. The maximum atomic E-state index is 12.3. The van der Waals surface area contributed by atoms with Crippen molar-refractivity contribution in [2.45, 2.75) is 32.6 Å². The van der Waals surface area contributed by atoms with E-state index in [-0.39, 0.29) is 6.03 Å². The molecular formula is C19H26N4O. The third kappa shape index (κ3) is 4.60. The molecule has 0 unspecified atom stereocenters. The van der Waals surface area contributed by atoms with Gasteiger partial charge in [-0.05, 0) is 55.4 Å². The van der Waals surface area contributed by atoms with Gasteiger partial charge in [0.1, 0.15) is 0 Å². The maximum absolute atomic E-state index is 12.3. The van der Waals surface area contributed by atoms with Gasteiger partial charge < -0.3 is 10.2 Å². The van der Waals surface area contributed by atoms with Gasteiger partial charge in [-0.3, -0.25) is 0 Å². The Morgan fingerprint density at radius 3 is 2.75 bits per heavy atom. The van der Waals surface area contributed by atoms with Crippen molar-refractivity contribution in [3.05, 3.63) is 48.3 Å². The Bertz CT molecular complexity index is 632. The van der Waals surface area contributed by atoms with E-state index in [9.17, 15) is 4.79 Å². The molecule has 0 aliphatic heterocycles. The third-order valence-electron chi connectivity index (χ3n) is 4.35. The fourth-order valence-corrected chi connectivity index (χ4v) is 2.82. The molecule has 0 bridgehead atoms. The minimum atomic E-state index is 0.0805. The molecule has 1 N–H and O–H groups in total. The van der Waals surface area contributed by atoms with E-state index < -0.39 is 0 Å². The normalized spacial score (nSPS) is 13.7. The Morgan fingerprint density at radius 1 is 1.33 bits per heavy atom. The van der Waals surface area contributed by atoms with Crippen LogP contribution in [0.2, 0.25) is 0 Å². The largest absolute Gasteiger partial charge is 0.338 e. The van der Waals surface area contributed by atoms with Crippen LogP contribution in [0.5, 0.6) is 0 Å². The molecule has 0 saturated heterocycles. The van der Waals surface area contributed by atoms with Crippen molar-refractivity contribution >= 4 is 6.03 Å². The SMILES string of the molecule is CCCN(CC1CC1)C(=O)NCCc1ccc(-n2cccn2)cc1. The van der Waals surface area contributed by atoms with Crippen molar-refractivity contribution in [1.82, 2.24) is 20.0 Å². The smallest absolute Gasteiger partial charge is 0.317 e.